The van der Waals surface area contributed by atoms with Crippen LogP contribution < -0.4 is 4.74 Å². The topological polar surface area (TPSA) is 42.4 Å². The van der Waals surface area contributed by atoms with Crippen LogP contribution in [0.25, 0.3) is 0 Å². The minimum atomic E-state index is -0.712. The summed E-state index contributed by atoms with van der Waals surface area (Å²) in [5.41, 5.74) is 1.41. The Morgan fingerprint density at radius 2 is 1.94 bits per heavy atom. The van der Waals surface area contributed by atoms with E-state index >= 15 is 0 Å². The van der Waals surface area contributed by atoms with Crippen LogP contribution in [0.2, 0.25) is 0 Å². The van der Waals surface area contributed by atoms with Gasteiger partial charge in [0, 0.05) is 12.3 Å². The number of nitrogens with zero attached hydrogens (tertiary/aromatic N) is 1. The predicted molar refractivity (Wildman–Crippen MR) is 61.3 cm³/mol. The number of pyridine rings is 1. The molecule has 0 aliphatic rings. The maximum Gasteiger partial charge on any atom is 0.122 e. The van der Waals surface area contributed by atoms with Crippen molar-refractivity contribution in [2.45, 2.75) is 6.10 Å². The van der Waals surface area contributed by atoms with E-state index < -0.39 is 6.10 Å². The Kier molecular flexibility index (Phi) is 3.17. The number of aliphatic hydroxyl groups is 1. The first-order valence-electron chi connectivity index (χ1n) is 5.04. The van der Waals surface area contributed by atoms with E-state index in [4.69, 9.17) is 4.74 Å². The molecule has 0 saturated heterocycles. The Balaban J connectivity index is 2.30. The molecule has 0 amide bonds. The highest BCUT2D eigenvalue weighted by Gasteiger charge is 2.11. The van der Waals surface area contributed by atoms with Crippen molar-refractivity contribution < 1.29 is 9.84 Å². The molecule has 0 spiro atoms. The summed E-state index contributed by atoms with van der Waals surface area (Å²) in [6.45, 7) is 0. The van der Waals surface area contributed by atoms with Gasteiger partial charge in [-0.1, -0.05) is 30.3 Å². The van der Waals surface area contributed by atoms with Crippen LogP contribution in [0.15, 0.2) is 48.7 Å². The molecule has 1 heterocycles. The minimum absolute atomic E-state index is 0.588. The molecule has 3 heteroatoms. The van der Waals surface area contributed by atoms with Crippen LogP contribution in [0, 0.1) is 0 Å². The van der Waals surface area contributed by atoms with Crippen molar-refractivity contribution in [3.63, 3.8) is 0 Å². The Morgan fingerprint density at radius 1 is 1.19 bits per heavy atom. The van der Waals surface area contributed by atoms with E-state index in [2.05, 4.69) is 4.98 Å². The van der Waals surface area contributed by atoms with E-state index in [0.717, 1.165) is 5.56 Å². The summed E-state index contributed by atoms with van der Waals surface area (Å²) < 4.78 is 5.09. The molecular weight excluding hydrogens is 202 g/mol. The third kappa shape index (κ3) is 2.20. The third-order valence-corrected chi connectivity index (χ3v) is 2.38. The number of ether oxygens (including phenoxy) is 1. The van der Waals surface area contributed by atoms with Crippen molar-refractivity contribution in [1.82, 2.24) is 4.98 Å². The minimum Gasteiger partial charge on any atom is -0.497 e. The highest BCUT2D eigenvalue weighted by molar-refractivity contribution is 5.30. The zero-order valence-electron chi connectivity index (χ0n) is 9.00. The van der Waals surface area contributed by atoms with Crippen LogP contribution in [0.5, 0.6) is 5.75 Å². The van der Waals surface area contributed by atoms with Gasteiger partial charge >= 0.3 is 0 Å². The molecule has 0 saturated carbocycles. The van der Waals surface area contributed by atoms with Crippen LogP contribution in [0.1, 0.15) is 17.4 Å². The Bertz CT molecular complexity index is 456. The second-order valence-corrected chi connectivity index (χ2v) is 3.43. The quantitative estimate of drug-likeness (QED) is 0.853. The van der Waals surface area contributed by atoms with Crippen molar-refractivity contribution in [2.75, 3.05) is 7.11 Å². The average Bonchev–Trinajstić information content (AvgIpc) is 2.39. The molecule has 1 atom stereocenters. The van der Waals surface area contributed by atoms with Crippen LogP contribution in [0.4, 0.5) is 0 Å². The molecule has 0 fully saturated rings. The zero-order valence-corrected chi connectivity index (χ0v) is 9.00. The summed E-state index contributed by atoms with van der Waals surface area (Å²) in [5, 5.41) is 10.1. The highest BCUT2D eigenvalue weighted by atomic mass is 16.5. The number of benzene rings is 1. The molecule has 0 bridgehead atoms. The number of methoxy groups -OCH3 is 1. The van der Waals surface area contributed by atoms with E-state index in [-0.39, 0.29) is 0 Å². The van der Waals surface area contributed by atoms with Gasteiger partial charge in [-0.15, -0.1) is 0 Å². The van der Waals surface area contributed by atoms with E-state index in [1.807, 2.05) is 30.3 Å². The second kappa shape index (κ2) is 4.77. The Hall–Kier alpha value is -1.87. The van der Waals surface area contributed by atoms with E-state index in [1.165, 1.54) is 0 Å². The summed E-state index contributed by atoms with van der Waals surface area (Å²) in [5.74, 6) is 0.694. The lowest BCUT2D eigenvalue weighted by Crippen LogP contribution is -2.02. The molecule has 0 aliphatic carbocycles. The fourth-order valence-corrected chi connectivity index (χ4v) is 1.51. The van der Waals surface area contributed by atoms with Gasteiger partial charge in [0.2, 0.25) is 0 Å². The number of hydrogen-bond acceptors (Lipinski definition) is 3. The summed E-state index contributed by atoms with van der Waals surface area (Å²) >= 11 is 0. The first-order valence-corrected chi connectivity index (χ1v) is 5.04. The predicted octanol–water partition coefficient (Wildman–Crippen LogP) is 2.17. The molecule has 3 nitrogen and oxygen atoms in total. The second-order valence-electron chi connectivity index (χ2n) is 3.43. The molecule has 1 aromatic heterocycles. The SMILES string of the molecule is COc1ccnc(C(O)c2ccccc2)c1. The van der Waals surface area contributed by atoms with Gasteiger partial charge in [0.1, 0.15) is 11.9 Å². The molecule has 16 heavy (non-hydrogen) atoms. The lowest BCUT2D eigenvalue weighted by Gasteiger charge is -2.11. The molecule has 1 unspecified atom stereocenters. The molecular formula is C13H13NO2. The van der Waals surface area contributed by atoms with Crippen molar-refractivity contribution >= 4 is 0 Å². The molecule has 2 aromatic rings. The smallest absolute Gasteiger partial charge is 0.122 e. The number of rotatable bonds is 3. The van der Waals surface area contributed by atoms with Gasteiger partial charge in [-0.3, -0.25) is 4.98 Å². The molecule has 2 rings (SSSR count). The lowest BCUT2D eigenvalue weighted by atomic mass is 10.1. The fourth-order valence-electron chi connectivity index (χ4n) is 1.51. The number of aliphatic hydroxyl groups excluding tert-OH is 1. The van der Waals surface area contributed by atoms with E-state index in [9.17, 15) is 5.11 Å². The monoisotopic (exact) mass is 215 g/mol. The fraction of sp³-hybridized carbons (Fsp3) is 0.154. The van der Waals surface area contributed by atoms with Crippen LogP contribution >= 0.6 is 0 Å². The van der Waals surface area contributed by atoms with Gasteiger partial charge in [-0.05, 0) is 11.6 Å². The average molecular weight is 215 g/mol. The van der Waals surface area contributed by atoms with E-state index in [1.54, 1.807) is 25.4 Å². The van der Waals surface area contributed by atoms with Crippen molar-refractivity contribution in [3.05, 3.63) is 59.9 Å². The van der Waals surface area contributed by atoms with Crippen molar-refractivity contribution in [2.24, 2.45) is 0 Å². The Labute approximate surface area is 94.3 Å². The van der Waals surface area contributed by atoms with Gasteiger partial charge < -0.3 is 9.84 Å². The summed E-state index contributed by atoms with van der Waals surface area (Å²) in [6, 6.07) is 12.9. The maximum atomic E-state index is 10.1. The number of hydrogen-bond donors (Lipinski definition) is 1. The molecule has 1 N–H and O–H groups in total. The van der Waals surface area contributed by atoms with Gasteiger partial charge in [0.15, 0.2) is 0 Å². The third-order valence-electron chi connectivity index (χ3n) is 2.38. The standard InChI is InChI=1S/C13H13NO2/c1-16-11-7-8-14-12(9-11)13(15)10-5-3-2-4-6-10/h2-9,13,15H,1H3. The molecule has 0 radical (unpaired) electrons. The van der Waals surface area contributed by atoms with Crippen LogP contribution in [-0.2, 0) is 0 Å². The number of aromatic nitrogens is 1. The summed E-state index contributed by atoms with van der Waals surface area (Å²) in [6.07, 6.45) is 0.914. The van der Waals surface area contributed by atoms with Gasteiger partial charge in [-0.25, -0.2) is 0 Å². The highest BCUT2D eigenvalue weighted by Crippen LogP contribution is 2.22. The van der Waals surface area contributed by atoms with Crippen LogP contribution in [-0.4, -0.2) is 17.2 Å². The van der Waals surface area contributed by atoms with Crippen LogP contribution in [0.3, 0.4) is 0 Å². The normalized spacial score (nSPS) is 12.1. The first-order chi connectivity index (χ1) is 7.81. The van der Waals surface area contributed by atoms with Gasteiger partial charge in [-0.2, -0.15) is 0 Å². The van der Waals surface area contributed by atoms with E-state index in [0.29, 0.717) is 11.4 Å². The Morgan fingerprint density at radius 3 is 2.62 bits per heavy atom. The largest absolute Gasteiger partial charge is 0.497 e. The lowest BCUT2D eigenvalue weighted by molar-refractivity contribution is 0.214. The summed E-state index contributed by atoms with van der Waals surface area (Å²) in [7, 11) is 1.59. The van der Waals surface area contributed by atoms with Gasteiger partial charge in [0.25, 0.3) is 0 Å². The molecule has 82 valence electrons. The first kappa shape index (κ1) is 10.6. The maximum absolute atomic E-state index is 10.1. The van der Waals surface area contributed by atoms with Crippen molar-refractivity contribution in [1.29, 1.82) is 0 Å². The zero-order chi connectivity index (χ0) is 11.4. The molecule has 1 aromatic carbocycles. The van der Waals surface area contributed by atoms with Crippen molar-refractivity contribution in [3.8, 4) is 5.75 Å². The van der Waals surface area contributed by atoms with Gasteiger partial charge in [0.05, 0.1) is 12.8 Å². The summed E-state index contributed by atoms with van der Waals surface area (Å²) in [4.78, 5) is 4.13. The molecule has 0 aliphatic heterocycles.